The van der Waals surface area contributed by atoms with Crippen LogP contribution in [0.15, 0.2) is 39.9 Å². The fourth-order valence-electron chi connectivity index (χ4n) is 1.94. The minimum absolute atomic E-state index is 0.0681. The molecule has 0 radical (unpaired) electrons. The van der Waals surface area contributed by atoms with Crippen molar-refractivity contribution in [3.63, 3.8) is 0 Å². The van der Waals surface area contributed by atoms with E-state index in [9.17, 15) is 17.6 Å². The highest BCUT2D eigenvalue weighted by Gasteiger charge is 2.37. The molecule has 5 nitrogen and oxygen atoms in total. The first-order valence-corrected chi connectivity index (χ1v) is 8.01. The molecule has 1 N–H and O–H groups in total. The molecule has 0 aliphatic carbocycles. The number of thiophene rings is 1. The highest BCUT2D eigenvalue weighted by molar-refractivity contribution is 7.90. The monoisotopic (exact) mass is 312 g/mol. The summed E-state index contributed by atoms with van der Waals surface area (Å²) < 4.78 is 38.5. The number of amides is 2. The van der Waals surface area contributed by atoms with Crippen molar-refractivity contribution < 1.29 is 17.6 Å². The van der Waals surface area contributed by atoms with E-state index >= 15 is 0 Å². The summed E-state index contributed by atoms with van der Waals surface area (Å²) in [6.45, 7) is -0.207. The average molecular weight is 312 g/mol. The molecule has 2 aromatic rings. The maximum absolute atomic E-state index is 13.1. The van der Waals surface area contributed by atoms with Crippen LogP contribution in [-0.4, -0.2) is 18.8 Å². The zero-order valence-electron chi connectivity index (χ0n) is 10.0. The average Bonchev–Trinajstić information content (AvgIpc) is 2.84. The number of fused-ring (bicyclic) bond motifs is 1. The molecule has 1 aliphatic rings. The van der Waals surface area contributed by atoms with Crippen molar-refractivity contribution in [1.82, 2.24) is 4.31 Å². The lowest BCUT2D eigenvalue weighted by molar-refractivity contribution is 0.233. The Hall–Kier alpha value is -1.93. The van der Waals surface area contributed by atoms with Crippen LogP contribution in [0.4, 0.5) is 14.9 Å². The van der Waals surface area contributed by atoms with Gasteiger partial charge in [-0.2, -0.15) is 0 Å². The minimum Gasteiger partial charge on any atom is -0.305 e. The standard InChI is InChI=1S/C12H9FN2O3S2/c13-9-3-1-2-8(4-9)5-15-12(16)14-10-6-19-7-11(10)20(15,17)18/h1-4,6-7H,5H2,(H,14,16). The van der Waals surface area contributed by atoms with Crippen LogP contribution in [0.3, 0.4) is 0 Å². The topological polar surface area (TPSA) is 66.5 Å². The largest absolute Gasteiger partial charge is 0.336 e. The van der Waals surface area contributed by atoms with Gasteiger partial charge in [0.25, 0.3) is 10.0 Å². The Morgan fingerprint density at radius 1 is 1.30 bits per heavy atom. The van der Waals surface area contributed by atoms with E-state index in [1.165, 1.54) is 34.9 Å². The van der Waals surface area contributed by atoms with Gasteiger partial charge in [0, 0.05) is 10.8 Å². The van der Waals surface area contributed by atoms with Gasteiger partial charge in [-0.25, -0.2) is 21.9 Å². The molecule has 0 fully saturated rings. The summed E-state index contributed by atoms with van der Waals surface area (Å²) in [4.78, 5) is 12.0. The Balaban J connectivity index is 2.00. The van der Waals surface area contributed by atoms with E-state index in [4.69, 9.17) is 0 Å². The van der Waals surface area contributed by atoms with Crippen molar-refractivity contribution in [3.8, 4) is 0 Å². The Kier molecular flexibility index (Phi) is 2.98. The van der Waals surface area contributed by atoms with Gasteiger partial charge in [-0.1, -0.05) is 12.1 Å². The van der Waals surface area contributed by atoms with Gasteiger partial charge in [0.05, 0.1) is 12.2 Å². The van der Waals surface area contributed by atoms with Gasteiger partial charge in [-0.15, -0.1) is 11.3 Å². The first-order valence-electron chi connectivity index (χ1n) is 5.63. The number of hydrogen-bond donors (Lipinski definition) is 1. The fraction of sp³-hybridized carbons (Fsp3) is 0.0833. The number of carbonyl (C=O) groups is 1. The number of anilines is 1. The van der Waals surface area contributed by atoms with E-state index in [1.54, 1.807) is 11.4 Å². The number of nitrogens with one attached hydrogen (secondary N) is 1. The van der Waals surface area contributed by atoms with Gasteiger partial charge in [-0.05, 0) is 17.7 Å². The number of rotatable bonds is 2. The maximum Gasteiger partial charge on any atom is 0.336 e. The number of hydrogen-bond acceptors (Lipinski definition) is 4. The quantitative estimate of drug-likeness (QED) is 0.927. The smallest absolute Gasteiger partial charge is 0.305 e. The molecule has 1 aliphatic heterocycles. The van der Waals surface area contributed by atoms with Gasteiger partial charge in [0.1, 0.15) is 10.7 Å². The molecule has 0 unspecified atom stereocenters. The van der Waals surface area contributed by atoms with Crippen LogP contribution in [0.25, 0.3) is 0 Å². The molecule has 1 aromatic heterocycles. The van der Waals surface area contributed by atoms with Crippen LogP contribution in [0, 0.1) is 5.82 Å². The summed E-state index contributed by atoms with van der Waals surface area (Å²) >= 11 is 1.19. The van der Waals surface area contributed by atoms with Crippen molar-refractivity contribution in [2.75, 3.05) is 5.32 Å². The van der Waals surface area contributed by atoms with Gasteiger partial charge in [-0.3, -0.25) is 0 Å². The van der Waals surface area contributed by atoms with E-state index in [0.717, 1.165) is 0 Å². The molecule has 2 amide bonds. The first-order chi connectivity index (χ1) is 9.48. The van der Waals surface area contributed by atoms with Crippen LogP contribution in [0.2, 0.25) is 0 Å². The van der Waals surface area contributed by atoms with Crippen molar-refractivity contribution in [2.24, 2.45) is 0 Å². The number of carbonyl (C=O) groups excluding carboxylic acids is 1. The van der Waals surface area contributed by atoms with E-state index in [-0.39, 0.29) is 17.1 Å². The zero-order valence-corrected chi connectivity index (χ0v) is 11.7. The summed E-state index contributed by atoms with van der Waals surface area (Å²) in [5, 5.41) is 5.53. The Labute approximate surface area is 118 Å². The molecule has 0 atom stereocenters. The Morgan fingerprint density at radius 2 is 2.10 bits per heavy atom. The number of sulfonamides is 1. The minimum atomic E-state index is -3.89. The lowest BCUT2D eigenvalue weighted by Crippen LogP contribution is -2.42. The molecule has 8 heteroatoms. The molecule has 2 heterocycles. The molecule has 20 heavy (non-hydrogen) atoms. The molecule has 0 spiro atoms. The fourth-order valence-corrected chi connectivity index (χ4v) is 4.52. The highest BCUT2D eigenvalue weighted by Crippen LogP contribution is 2.33. The SMILES string of the molecule is O=C1Nc2cscc2S(=O)(=O)N1Cc1cccc(F)c1. The predicted octanol–water partition coefficient (Wildman–Crippen LogP) is 2.62. The first kappa shape index (κ1) is 13.1. The van der Waals surface area contributed by atoms with Crippen molar-refractivity contribution in [2.45, 2.75) is 11.4 Å². The third-order valence-corrected chi connectivity index (χ3v) is 5.54. The molecular weight excluding hydrogens is 303 g/mol. The lowest BCUT2D eigenvalue weighted by atomic mass is 10.2. The summed E-state index contributed by atoms with van der Waals surface area (Å²) in [5.74, 6) is -0.478. The van der Waals surface area contributed by atoms with Gasteiger partial charge >= 0.3 is 6.03 Å². The normalized spacial score (nSPS) is 16.6. The summed E-state index contributed by atoms with van der Waals surface area (Å²) in [7, 11) is -3.89. The second-order valence-electron chi connectivity index (χ2n) is 4.22. The number of urea groups is 1. The Morgan fingerprint density at radius 3 is 2.85 bits per heavy atom. The molecule has 0 saturated carbocycles. The summed E-state index contributed by atoms with van der Waals surface area (Å²) in [6.07, 6.45) is 0. The van der Waals surface area contributed by atoms with Crippen molar-refractivity contribution in [3.05, 3.63) is 46.4 Å². The number of benzene rings is 1. The Bertz CT molecular complexity index is 786. The van der Waals surface area contributed by atoms with Gasteiger partial charge in [0.15, 0.2) is 0 Å². The van der Waals surface area contributed by atoms with Crippen LogP contribution >= 0.6 is 11.3 Å². The van der Waals surface area contributed by atoms with Crippen molar-refractivity contribution in [1.29, 1.82) is 0 Å². The van der Waals surface area contributed by atoms with Crippen molar-refractivity contribution >= 4 is 33.1 Å². The van der Waals surface area contributed by atoms with Crippen LogP contribution in [0.1, 0.15) is 5.56 Å². The van der Waals surface area contributed by atoms with Gasteiger partial charge in [0.2, 0.25) is 0 Å². The molecule has 1 aromatic carbocycles. The maximum atomic E-state index is 13.1. The third kappa shape index (κ3) is 2.06. The number of halogens is 1. The van der Waals surface area contributed by atoms with E-state index in [0.29, 0.717) is 9.87 Å². The van der Waals surface area contributed by atoms with Crippen LogP contribution in [0.5, 0.6) is 0 Å². The second kappa shape index (κ2) is 4.57. The molecule has 104 valence electrons. The van der Waals surface area contributed by atoms with Gasteiger partial charge < -0.3 is 5.32 Å². The van der Waals surface area contributed by atoms with Crippen LogP contribution < -0.4 is 5.32 Å². The molecular formula is C12H9FN2O3S2. The van der Waals surface area contributed by atoms with E-state index in [1.807, 2.05) is 0 Å². The third-order valence-electron chi connectivity index (χ3n) is 2.88. The summed E-state index contributed by atoms with van der Waals surface area (Å²) in [6, 6.07) is 4.75. The van der Waals surface area contributed by atoms with E-state index < -0.39 is 21.9 Å². The van der Waals surface area contributed by atoms with Crippen LogP contribution in [-0.2, 0) is 16.6 Å². The molecule has 3 rings (SSSR count). The molecule has 0 bridgehead atoms. The zero-order chi connectivity index (χ0) is 14.3. The summed E-state index contributed by atoms with van der Waals surface area (Å²) in [5.41, 5.74) is 0.692. The lowest BCUT2D eigenvalue weighted by Gasteiger charge is -2.27. The number of nitrogens with zero attached hydrogens (tertiary/aromatic N) is 1. The van der Waals surface area contributed by atoms with E-state index in [2.05, 4.69) is 5.32 Å². The highest BCUT2D eigenvalue weighted by atomic mass is 32.2. The molecule has 0 saturated heterocycles. The predicted molar refractivity (Wildman–Crippen MR) is 72.5 cm³/mol. The second-order valence-corrected chi connectivity index (χ2v) is 6.80.